The van der Waals surface area contributed by atoms with Crippen molar-refractivity contribution in [2.24, 2.45) is 11.8 Å². The maximum absolute atomic E-state index is 5.33. The molecule has 1 aromatic carbocycles. The summed E-state index contributed by atoms with van der Waals surface area (Å²) in [5.41, 5.74) is 1.32. The SMILES string of the molecule is COc1cccc(C(C)NC2CCCC(CC(C)C)C2)c1. The lowest BCUT2D eigenvalue weighted by Crippen LogP contribution is -2.36. The molecule has 21 heavy (non-hydrogen) atoms. The molecule has 0 bridgehead atoms. The van der Waals surface area contributed by atoms with Gasteiger partial charge in [0, 0.05) is 12.1 Å². The quantitative estimate of drug-likeness (QED) is 0.800. The van der Waals surface area contributed by atoms with Crippen molar-refractivity contribution in [3.05, 3.63) is 29.8 Å². The van der Waals surface area contributed by atoms with Crippen molar-refractivity contribution in [2.45, 2.75) is 65.0 Å². The van der Waals surface area contributed by atoms with Gasteiger partial charge in [-0.15, -0.1) is 0 Å². The maximum Gasteiger partial charge on any atom is 0.119 e. The highest BCUT2D eigenvalue weighted by molar-refractivity contribution is 5.30. The van der Waals surface area contributed by atoms with E-state index in [-0.39, 0.29) is 0 Å². The highest BCUT2D eigenvalue weighted by Gasteiger charge is 2.23. The van der Waals surface area contributed by atoms with Crippen LogP contribution in [0.25, 0.3) is 0 Å². The van der Waals surface area contributed by atoms with E-state index >= 15 is 0 Å². The Labute approximate surface area is 130 Å². The normalized spacial score (nSPS) is 24.0. The van der Waals surface area contributed by atoms with Crippen LogP contribution in [0.15, 0.2) is 24.3 Å². The number of benzene rings is 1. The number of hydrogen-bond donors (Lipinski definition) is 1. The van der Waals surface area contributed by atoms with Gasteiger partial charge in [-0.3, -0.25) is 0 Å². The topological polar surface area (TPSA) is 21.3 Å². The number of ether oxygens (including phenoxy) is 1. The molecule has 1 aromatic rings. The van der Waals surface area contributed by atoms with Gasteiger partial charge in [0.15, 0.2) is 0 Å². The van der Waals surface area contributed by atoms with Crippen LogP contribution in [0, 0.1) is 11.8 Å². The molecule has 0 spiro atoms. The smallest absolute Gasteiger partial charge is 0.119 e. The Morgan fingerprint density at radius 3 is 2.76 bits per heavy atom. The number of nitrogens with one attached hydrogen (secondary N) is 1. The Morgan fingerprint density at radius 1 is 1.24 bits per heavy atom. The lowest BCUT2D eigenvalue weighted by molar-refractivity contribution is 0.242. The fraction of sp³-hybridized carbons (Fsp3) is 0.684. The first kappa shape index (κ1) is 16.4. The van der Waals surface area contributed by atoms with Crippen molar-refractivity contribution in [1.82, 2.24) is 5.32 Å². The molecule has 3 unspecified atom stereocenters. The van der Waals surface area contributed by atoms with E-state index in [1.165, 1.54) is 37.7 Å². The summed E-state index contributed by atoms with van der Waals surface area (Å²) in [6.07, 6.45) is 6.84. The van der Waals surface area contributed by atoms with E-state index in [0.717, 1.165) is 17.6 Å². The summed E-state index contributed by atoms with van der Waals surface area (Å²) in [5, 5.41) is 3.83. The van der Waals surface area contributed by atoms with Gasteiger partial charge in [0.1, 0.15) is 5.75 Å². The standard InChI is InChI=1S/C19H31NO/c1-14(2)11-16-7-5-9-18(12-16)20-15(3)17-8-6-10-19(13-17)21-4/h6,8,10,13-16,18,20H,5,7,9,11-12H2,1-4H3. The first-order valence-corrected chi connectivity index (χ1v) is 8.48. The molecular weight excluding hydrogens is 258 g/mol. The minimum absolute atomic E-state index is 0.392. The highest BCUT2D eigenvalue weighted by atomic mass is 16.5. The molecule has 1 N–H and O–H groups in total. The lowest BCUT2D eigenvalue weighted by atomic mass is 9.81. The van der Waals surface area contributed by atoms with Crippen LogP contribution in [0.1, 0.15) is 64.5 Å². The van der Waals surface area contributed by atoms with Crippen molar-refractivity contribution in [3.8, 4) is 5.75 Å². The molecule has 0 radical (unpaired) electrons. The van der Waals surface area contributed by atoms with Crippen LogP contribution in [0.2, 0.25) is 0 Å². The minimum Gasteiger partial charge on any atom is -0.497 e. The highest BCUT2D eigenvalue weighted by Crippen LogP contribution is 2.31. The number of hydrogen-bond acceptors (Lipinski definition) is 2. The van der Waals surface area contributed by atoms with Crippen LogP contribution in [-0.4, -0.2) is 13.2 Å². The second-order valence-corrected chi connectivity index (χ2v) is 7.02. The summed E-state index contributed by atoms with van der Waals surface area (Å²) in [5.74, 6) is 2.68. The average molecular weight is 289 g/mol. The Bertz CT molecular complexity index is 429. The van der Waals surface area contributed by atoms with Crippen LogP contribution >= 0.6 is 0 Å². The molecule has 1 fully saturated rings. The van der Waals surface area contributed by atoms with Crippen molar-refractivity contribution >= 4 is 0 Å². The number of rotatable bonds is 6. The van der Waals surface area contributed by atoms with Gasteiger partial charge in [-0.05, 0) is 55.7 Å². The molecule has 0 saturated heterocycles. The third-order valence-electron chi connectivity index (χ3n) is 4.67. The van der Waals surface area contributed by atoms with E-state index in [0.29, 0.717) is 12.1 Å². The molecule has 0 amide bonds. The molecule has 2 rings (SSSR count). The molecule has 1 aliphatic carbocycles. The zero-order valence-corrected chi connectivity index (χ0v) is 14.1. The van der Waals surface area contributed by atoms with E-state index < -0.39 is 0 Å². The molecule has 3 atom stereocenters. The monoisotopic (exact) mass is 289 g/mol. The van der Waals surface area contributed by atoms with Crippen molar-refractivity contribution in [1.29, 1.82) is 0 Å². The second kappa shape index (κ2) is 7.84. The molecule has 118 valence electrons. The fourth-order valence-electron chi connectivity index (χ4n) is 3.68. The minimum atomic E-state index is 0.392. The van der Waals surface area contributed by atoms with Crippen molar-refractivity contribution in [2.75, 3.05) is 7.11 Å². The molecule has 0 aromatic heterocycles. The van der Waals surface area contributed by atoms with Crippen LogP contribution in [0.5, 0.6) is 5.75 Å². The van der Waals surface area contributed by atoms with E-state index in [9.17, 15) is 0 Å². The summed E-state index contributed by atoms with van der Waals surface area (Å²) < 4.78 is 5.33. The summed E-state index contributed by atoms with van der Waals surface area (Å²) in [6, 6.07) is 9.48. The van der Waals surface area contributed by atoms with Gasteiger partial charge in [-0.25, -0.2) is 0 Å². The zero-order chi connectivity index (χ0) is 15.2. The van der Waals surface area contributed by atoms with Gasteiger partial charge < -0.3 is 10.1 Å². The van der Waals surface area contributed by atoms with Gasteiger partial charge in [0.2, 0.25) is 0 Å². The van der Waals surface area contributed by atoms with Crippen LogP contribution in [0.4, 0.5) is 0 Å². The molecule has 1 aliphatic rings. The van der Waals surface area contributed by atoms with Gasteiger partial charge in [-0.1, -0.05) is 38.8 Å². The Kier molecular flexibility index (Phi) is 6.10. The Hall–Kier alpha value is -1.02. The Balaban J connectivity index is 1.90. The summed E-state index contributed by atoms with van der Waals surface area (Å²) in [6.45, 7) is 6.95. The van der Waals surface area contributed by atoms with E-state index in [1.807, 2.05) is 6.07 Å². The fourth-order valence-corrected chi connectivity index (χ4v) is 3.68. The Morgan fingerprint density at radius 2 is 2.05 bits per heavy atom. The largest absolute Gasteiger partial charge is 0.497 e. The molecule has 0 heterocycles. The van der Waals surface area contributed by atoms with Gasteiger partial charge in [0.05, 0.1) is 7.11 Å². The summed E-state index contributed by atoms with van der Waals surface area (Å²) in [7, 11) is 1.73. The number of methoxy groups -OCH3 is 1. The lowest BCUT2D eigenvalue weighted by Gasteiger charge is -2.33. The summed E-state index contributed by atoms with van der Waals surface area (Å²) in [4.78, 5) is 0. The van der Waals surface area contributed by atoms with E-state index in [2.05, 4.69) is 44.3 Å². The predicted molar refractivity (Wildman–Crippen MR) is 89.7 cm³/mol. The van der Waals surface area contributed by atoms with Crippen LogP contribution in [0.3, 0.4) is 0 Å². The molecule has 2 nitrogen and oxygen atoms in total. The van der Waals surface area contributed by atoms with Crippen molar-refractivity contribution < 1.29 is 4.74 Å². The first-order valence-electron chi connectivity index (χ1n) is 8.48. The van der Waals surface area contributed by atoms with Gasteiger partial charge in [-0.2, -0.15) is 0 Å². The molecule has 2 heteroatoms. The molecule has 0 aliphatic heterocycles. The van der Waals surface area contributed by atoms with Gasteiger partial charge >= 0.3 is 0 Å². The van der Waals surface area contributed by atoms with Crippen molar-refractivity contribution in [3.63, 3.8) is 0 Å². The second-order valence-electron chi connectivity index (χ2n) is 7.02. The van der Waals surface area contributed by atoms with E-state index in [1.54, 1.807) is 7.11 Å². The average Bonchev–Trinajstić information content (AvgIpc) is 2.47. The third-order valence-corrected chi connectivity index (χ3v) is 4.67. The maximum atomic E-state index is 5.33. The predicted octanol–water partition coefficient (Wildman–Crippen LogP) is 4.95. The molecular formula is C19H31NO. The molecule has 1 saturated carbocycles. The third kappa shape index (κ3) is 5.03. The van der Waals surface area contributed by atoms with Gasteiger partial charge in [0.25, 0.3) is 0 Å². The summed E-state index contributed by atoms with van der Waals surface area (Å²) >= 11 is 0. The zero-order valence-electron chi connectivity index (χ0n) is 14.1. The first-order chi connectivity index (χ1) is 10.1. The van der Waals surface area contributed by atoms with Crippen LogP contribution < -0.4 is 10.1 Å². The van der Waals surface area contributed by atoms with E-state index in [4.69, 9.17) is 4.74 Å². The van der Waals surface area contributed by atoms with Crippen LogP contribution in [-0.2, 0) is 0 Å².